The maximum absolute atomic E-state index is 12.7. The number of carbonyl (C=O) groups is 1. The summed E-state index contributed by atoms with van der Waals surface area (Å²) in [5, 5.41) is 11.4. The van der Waals surface area contributed by atoms with E-state index in [1.807, 2.05) is 30.0 Å². The van der Waals surface area contributed by atoms with Crippen molar-refractivity contribution >= 4 is 11.9 Å². The zero-order valence-corrected chi connectivity index (χ0v) is 15.9. The number of piperidine rings is 1. The van der Waals surface area contributed by atoms with Gasteiger partial charge in [0.25, 0.3) is 0 Å². The number of nitrogens with one attached hydrogen (secondary N) is 1. The molecule has 146 valence electrons. The highest BCUT2D eigenvalue weighted by Crippen LogP contribution is 2.62. The summed E-state index contributed by atoms with van der Waals surface area (Å²) in [6, 6.07) is 8.04. The van der Waals surface area contributed by atoms with Crippen molar-refractivity contribution < 1.29 is 13.9 Å². The van der Waals surface area contributed by atoms with Crippen LogP contribution in [0, 0.1) is 5.41 Å². The number of likely N-dealkylation sites (tertiary alicyclic amines) is 1. The van der Waals surface area contributed by atoms with Crippen molar-refractivity contribution in [3.8, 4) is 5.75 Å². The number of rotatable bonds is 4. The zero-order valence-electron chi connectivity index (χ0n) is 15.9. The molecule has 7 nitrogen and oxygen atoms in total. The second kappa shape index (κ2) is 5.72. The Balaban J connectivity index is 1.09. The first-order valence-electron chi connectivity index (χ1n) is 10.3. The van der Waals surface area contributed by atoms with Gasteiger partial charge in [-0.25, -0.2) is 0 Å². The van der Waals surface area contributed by atoms with Gasteiger partial charge >= 0.3 is 6.01 Å². The fourth-order valence-corrected chi connectivity index (χ4v) is 4.93. The highest BCUT2D eigenvalue weighted by atomic mass is 16.5. The Morgan fingerprint density at radius 1 is 1.18 bits per heavy atom. The van der Waals surface area contributed by atoms with Crippen molar-refractivity contribution in [2.24, 2.45) is 5.41 Å². The Morgan fingerprint density at radius 2 is 1.96 bits per heavy atom. The molecule has 0 bridgehead atoms. The molecule has 1 aromatic heterocycles. The third kappa shape index (κ3) is 2.52. The van der Waals surface area contributed by atoms with E-state index in [1.165, 1.54) is 18.4 Å². The Hall–Kier alpha value is -2.57. The van der Waals surface area contributed by atoms with E-state index in [0.29, 0.717) is 23.2 Å². The van der Waals surface area contributed by atoms with E-state index < -0.39 is 0 Å². The fraction of sp³-hybridized carbons (Fsp3) is 0.571. The van der Waals surface area contributed by atoms with Crippen LogP contribution in [0.25, 0.3) is 0 Å². The van der Waals surface area contributed by atoms with E-state index in [2.05, 4.69) is 21.6 Å². The van der Waals surface area contributed by atoms with Crippen molar-refractivity contribution in [2.45, 2.75) is 56.6 Å². The summed E-state index contributed by atoms with van der Waals surface area (Å²) in [6.07, 6.45) is 5.05. The van der Waals surface area contributed by atoms with E-state index in [0.717, 1.165) is 31.7 Å². The van der Waals surface area contributed by atoms with Crippen LogP contribution in [-0.2, 0) is 4.79 Å². The summed E-state index contributed by atoms with van der Waals surface area (Å²) >= 11 is 0. The number of benzene rings is 1. The van der Waals surface area contributed by atoms with Gasteiger partial charge in [0.15, 0.2) is 0 Å². The maximum atomic E-state index is 12.7. The molecule has 4 atom stereocenters. The predicted octanol–water partition coefficient (Wildman–Crippen LogP) is 2.91. The molecule has 1 amide bonds. The summed E-state index contributed by atoms with van der Waals surface area (Å²) in [5.41, 5.74) is 1.78. The van der Waals surface area contributed by atoms with Gasteiger partial charge in [-0.05, 0) is 44.1 Å². The molecule has 4 aliphatic rings. The van der Waals surface area contributed by atoms with Crippen LogP contribution in [-0.4, -0.2) is 46.2 Å². The molecule has 7 heteroatoms. The minimum atomic E-state index is -0.378. The van der Waals surface area contributed by atoms with Gasteiger partial charge in [0.1, 0.15) is 17.9 Å². The lowest BCUT2D eigenvalue weighted by Crippen LogP contribution is -2.45. The lowest BCUT2D eigenvalue weighted by atomic mass is 9.93. The van der Waals surface area contributed by atoms with Crippen LogP contribution in [0.3, 0.4) is 0 Å². The van der Waals surface area contributed by atoms with Crippen molar-refractivity contribution in [3.63, 3.8) is 0 Å². The molecule has 1 unspecified atom stereocenters. The predicted molar refractivity (Wildman–Crippen MR) is 101 cm³/mol. The maximum Gasteiger partial charge on any atom is 0.316 e. The normalized spacial score (nSPS) is 29.6. The van der Waals surface area contributed by atoms with Crippen LogP contribution in [0.5, 0.6) is 5.75 Å². The highest BCUT2D eigenvalue weighted by Gasteiger charge is 2.62. The number of anilines is 1. The SMILES string of the molecule is C[C@@H](Nc1nnc(C2[C@H]3Oc4ccccc4[C@@H]23)o1)C(=O)N1CCC2(CC1)CC2. The first-order valence-corrected chi connectivity index (χ1v) is 10.3. The molecule has 28 heavy (non-hydrogen) atoms. The molecule has 1 saturated heterocycles. The van der Waals surface area contributed by atoms with Crippen molar-refractivity contribution in [1.29, 1.82) is 0 Å². The lowest BCUT2D eigenvalue weighted by molar-refractivity contribution is -0.133. The third-order valence-electron chi connectivity index (χ3n) is 7.02. The van der Waals surface area contributed by atoms with Gasteiger partial charge in [0, 0.05) is 24.6 Å². The van der Waals surface area contributed by atoms with Crippen molar-refractivity contribution in [3.05, 3.63) is 35.7 Å². The Bertz CT molecular complexity index is 927. The number of fused-ring (bicyclic) bond motifs is 3. The summed E-state index contributed by atoms with van der Waals surface area (Å²) in [5.74, 6) is 2.06. The molecule has 0 radical (unpaired) electrons. The third-order valence-corrected chi connectivity index (χ3v) is 7.02. The van der Waals surface area contributed by atoms with E-state index in [-0.39, 0.29) is 24.0 Å². The van der Waals surface area contributed by atoms with Crippen LogP contribution in [0.4, 0.5) is 6.01 Å². The molecule has 2 aliphatic carbocycles. The Kier molecular flexibility index (Phi) is 3.35. The molecular formula is C21H24N4O3. The van der Waals surface area contributed by atoms with Crippen LogP contribution in [0.15, 0.2) is 28.7 Å². The highest BCUT2D eigenvalue weighted by molar-refractivity contribution is 5.83. The van der Waals surface area contributed by atoms with Gasteiger partial charge < -0.3 is 19.4 Å². The Labute approximate surface area is 163 Å². The summed E-state index contributed by atoms with van der Waals surface area (Å²) in [6.45, 7) is 3.59. The van der Waals surface area contributed by atoms with Crippen molar-refractivity contribution in [1.82, 2.24) is 15.1 Å². The average Bonchev–Trinajstić information content (AvgIpc) is 3.52. The van der Waals surface area contributed by atoms with Gasteiger partial charge in [0.05, 0.1) is 5.92 Å². The van der Waals surface area contributed by atoms with Crippen LogP contribution < -0.4 is 10.1 Å². The molecule has 6 rings (SSSR count). The van der Waals surface area contributed by atoms with Crippen LogP contribution in [0.2, 0.25) is 0 Å². The number of carbonyl (C=O) groups excluding carboxylic acids is 1. The Morgan fingerprint density at radius 3 is 2.75 bits per heavy atom. The number of nitrogens with zero attached hydrogens (tertiary/aromatic N) is 3. The van der Waals surface area contributed by atoms with E-state index in [1.54, 1.807) is 0 Å². The standard InChI is InChI=1S/C21H24N4O3/c1-12(19(26)25-10-8-21(6-7-21)9-11-25)22-20-24-23-18(28-20)16-15-13-4-2-3-5-14(13)27-17(15)16/h2-5,12,15-17H,6-11H2,1H3,(H,22,24)/t12-,15+,16?,17+/m1/s1. The molecule has 2 aromatic rings. The fourth-order valence-electron chi connectivity index (χ4n) is 4.93. The van der Waals surface area contributed by atoms with Gasteiger partial charge in [-0.3, -0.25) is 4.79 Å². The lowest BCUT2D eigenvalue weighted by Gasteiger charge is -2.33. The molecule has 1 N–H and O–H groups in total. The number of amides is 1. The smallest absolute Gasteiger partial charge is 0.316 e. The monoisotopic (exact) mass is 380 g/mol. The van der Waals surface area contributed by atoms with Gasteiger partial charge in [-0.1, -0.05) is 23.3 Å². The minimum Gasteiger partial charge on any atom is -0.489 e. The van der Waals surface area contributed by atoms with Gasteiger partial charge in [-0.15, -0.1) is 5.10 Å². The molecule has 3 heterocycles. The minimum absolute atomic E-state index is 0.0906. The van der Waals surface area contributed by atoms with E-state index >= 15 is 0 Å². The first kappa shape index (κ1) is 16.4. The molecule has 3 fully saturated rings. The molecule has 2 aliphatic heterocycles. The quantitative estimate of drug-likeness (QED) is 0.878. The average molecular weight is 380 g/mol. The summed E-state index contributed by atoms with van der Waals surface area (Å²) < 4.78 is 11.8. The number of hydrogen-bond acceptors (Lipinski definition) is 6. The molecule has 2 saturated carbocycles. The topological polar surface area (TPSA) is 80.5 Å². The largest absolute Gasteiger partial charge is 0.489 e. The van der Waals surface area contributed by atoms with E-state index in [9.17, 15) is 4.79 Å². The van der Waals surface area contributed by atoms with Crippen LogP contribution in [0.1, 0.15) is 55.9 Å². The number of ether oxygens (including phenoxy) is 1. The zero-order chi connectivity index (χ0) is 18.9. The van der Waals surface area contributed by atoms with Crippen LogP contribution >= 0.6 is 0 Å². The molecule has 1 spiro atoms. The second-order valence-electron chi connectivity index (χ2n) is 8.81. The van der Waals surface area contributed by atoms with Crippen molar-refractivity contribution in [2.75, 3.05) is 18.4 Å². The molecule has 1 aromatic carbocycles. The number of para-hydroxylation sites is 1. The second-order valence-corrected chi connectivity index (χ2v) is 8.81. The first-order chi connectivity index (χ1) is 13.6. The number of aromatic nitrogens is 2. The van der Waals surface area contributed by atoms with Gasteiger partial charge in [-0.2, -0.15) is 0 Å². The molecular weight excluding hydrogens is 356 g/mol. The number of hydrogen-bond donors (Lipinski definition) is 1. The summed E-state index contributed by atoms with van der Waals surface area (Å²) in [4.78, 5) is 14.7. The summed E-state index contributed by atoms with van der Waals surface area (Å²) in [7, 11) is 0. The van der Waals surface area contributed by atoms with Gasteiger partial charge in [0.2, 0.25) is 11.8 Å². The van der Waals surface area contributed by atoms with E-state index in [4.69, 9.17) is 9.15 Å².